The van der Waals surface area contributed by atoms with Crippen molar-refractivity contribution < 1.29 is 14.0 Å². The van der Waals surface area contributed by atoms with E-state index in [9.17, 15) is 14.0 Å². The summed E-state index contributed by atoms with van der Waals surface area (Å²) < 4.78 is 13.4. The van der Waals surface area contributed by atoms with Crippen LogP contribution >= 0.6 is 0 Å². The van der Waals surface area contributed by atoms with Gasteiger partial charge < -0.3 is 10.2 Å². The summed E-state index contributed by atoms with van der Waals surface area (Å²) in [5.41, 5.74) is -0.253. The van der Waals surface area contributed by atoms with Gasteiger partial charge in [0.2, 0.25) is 11.8 Å². The number of benzene rings is 1. The van der Waals surface area contributed by atoms with Gasteiger partial charge in [-0.2, -0.15) is 0 Å². The zero-order valence-corrected chi connectivity index (χ0v) is 12.8. The highest BCUT2D eigenvalue weighted by atomic mass is 19.1. The molecule has 0 radical (unpaired) electrons. The van der Waals surface area contributed by atoms with E-state index in [0.717, 1.165) is 0 Å². The van der Waals surface area contributed by atoms with Crippen LogP contribution in [0.25, 0.3) is 0 Å². The standard InChI is InChI=1S/C16H21FN2O2/c1-5-13-14(20)18-16(3,4)15(21)19(13)10(2)11-7-6-8-12(17)9-11/h6-10,13H,5H2,1-4H3,(H,18,20). The van der Waals surface area contributed by atoms with E-state index in [0.29, 0.717) is 12.0 Å². The minimum atomic E-state index is -0.940. The lowest BCUT2D eigenvalue weighted by molar-refractivity contribution is -0.156. The van der Waals surface area contributed by atoms with Crippen LogP contribution < -0.4 is 5.32 Å². The fourth-order valence-corrected chi connectivity index (χ4v) is 2.79. The summed E-state index contributed by atoms with van der Waals surface area (Å²) in [6.07, 6.45) is 0.521. The lowest BCUT2D eigenvalue weighted by Gasteiger charge is -2.45. The van der Waals surface area contributed by atoms with Crippen LogP contribution in [0.2, 0.25) is 0 Å². The normalized spacial score (nSPS) is 22.9. The molecule has 5 heteroatoms. The molecule has 4 nitrogen and oxygen atoms in total. The molecular formula is C16H21FN2O2. The largest absolute Gasteiger partial charge is 0.340 e. The second kappa shape index (κ2) is 5.47. The molecule has 2 amide bonds. The van der Waals surface area contributed by atoms with Gasteiger partial charge in [0.1, 0.15) is 17.4 Å². The van der Waals surface area contributed by atoms with Gasteiger partial charge in [-0.3, -0.25) is 9.59 Å². The highest BCUT2D eigenvalue weighted by Gasteiger charge is 2.46. The zero-order chi connectivity index (χ0) is 15.8. The molecule has 114 valence electrons. The van der Waals surface area contributed by atoms with Gasteiger partial charge in [-0.05, 0) is 44.9 Å². The quantitative estimate of drug-likeness (QED) is 0.930. The van der Waals surface area contributed by atoms with Gasteiger partial charge in [-0.1, -0.05) is 19.1 Å². The summed E-state index contributed by atoms with van der Waals surface area (Å²) in [5.74, 6) is -0.656. The molecule has 0 aliphatic carbocycles. The molecule has 1 heterocycles. The Morgan fingerprint density at radius 3 is 2.62 bits per heavy atom. The summed E-state index contributed by atoms with van der Waals surface area (Å²) in [4.78, 5) is 26.5. The van der Waals surface area contributed by atoms with Gasteiger partial charge >= 0.3 is 0 Å². The summed E-state index contributed by atoms with van der Waals surface area (Å²) in [6.45, 7) is 7.06. The van der Waals surface area contributed by atoms with E-state index in [1.165, 1.54) is 12.1 Å². The van der Waals surface area contributed by atoms with Crippen molar-refractivity contribution in [2.45, 2.75) is 51.7 Å². The number of rotatable bonds is 3. The number of halogens is 1. The lowest BCUT2D eigenvalue weighted by Crippen LogP contribution is -2.68. The first-order valence-corrected chi connectivity index (χ1v) is 7.18. The predicted octanol–water partition coefficient (Wildman–Crippen LogP) is 2.40. The number of hydrogen-bond acceptors (Lipinski definition) is 2. The molecule has 1 aliphatic rings. The van der Waals surface area contributed by atoms with Gasteiger partial charge in [-0.25, -0.2) is 4.39 Å². The summed E-state index contributed by atoms with van der Waals surface area (Å²) in [5, 5.41) is 2.75. The minimum Gasteiger partial charge on any atom is -0.340 e. The average molecular weight is 292 g/mol. The third-order valence-electron chi connectivity index (χ3n) is 3.98. The van der Waals surface area contributed by atoms with Crippen molar-refractivity contribution in [2.24, 2.45) is 0 Å². The maximum absolute atomic E-state index is 13.4. The van der Waals surface area contributed by atoms with E-state index in [1.807, 2.05) is 13.8 Å². The number of nitrogens with one attached hydrogen (secondary N) is 1. The van der Waals surface area contributed by atoms with Crippen LogP contribution in [-0.4, -0.2) is 28.3 Å². The van der Waals surface area contributed by atoms with Crippen LogP contribution in [-0.2, 0) is 9.59 Å². The second-order valence-electron chi connectivity index (χ2n) is 5.98. The third kappa shape index (κ3) is 2.77. The Bertz CT molecular complexity index is 571. The van der Waals surface area contributed by atoms with Crippen molar-refractivity contribution in [3.05, 3.63) is 35.6 Å². The van der Waals surface area contributed by atoms with E-state index in [4.69, 9.17) is 0 Å². The topological polar surface area (TPSA) is 49.4 Å². The van der Waals surface area contributed by atoms with E-state index >= 15 is 0 Å². The average Bonchev–Trinajstić information content (AvgIpc) is 2.41. The fourth-order valence-electron chi connectivity index (χ4n) is 2.79. The van der Waals surface area contributed by atoms with Gasteiger partial charge in [0, 0.05) is 0 Å². The predicted molar refractivity (Wildman–Crippen MR) is 78.0 cm³/mol. The number of nitrogens with zero attached hydrogens (tertiary/aromatic N) is 1. The summed E-state index contributed by atoms with van der Waals surface area (Å²) in [7, 11) is 0. The molecule has 1 aromatic carbocycles. The van der Waals surface area contributed by atoms with Crippen LogP contribution in [0.1, 0.15) is 45.7 Å². The molecule has 1 fully saturated rings. The fraction of sp³-hybridized carbons (Fsp3) is 0.500. The molecule has 21 heavy (non-hydrogen) atoms. The highest BCUT2D eigenvalue weighted by Crippen LogP contribution is 2.30. The maximum atomic E-state index is 13.4. The van der Waals surface area contributed by atoms with Gasteiger partial charge in [0.15, 0.2) is 0 Å². The highest BCUT2D eigenvalue weighted by molar-refractivity contribution is 5.99. The molecule has 0 aromatic heterocycles. The molecular weight excluding hydrogens is 271 g/mol. The first-order chi connectivity index (χ1) is 9.77. The van der Waals surface area contributed by atoms with Crippen molar-refractivity contribution >= 4 is 11.8 Å². The van der Waals surface area contributed by atoms with E-state index in [2.05, 4.69) is 5.32 Å². The van der Waals surface area contributed by atoms with Gasteiger partial charge in [-0.15, -0.1) is 0 Å². The van der Waals surface area contributed by atoms with E-state index < -0.39 is 11.6 Å². The van der Waals surface area contributed by atoms with Crippen LogP contribution in [0.15, 0.2) is 24.3 Å². The van der Waals surface area contributed by atoms with Gasteiger partial charge in [0.05, 0.1) is 6.04 Å². The van der Waals surface area contributed by atoms with Gasteiger partial charge in [0.25, 0.3) is 0 Å². The van der Waals surface area contributed by atoms with Crippen molar-refractivity contribution in [2.75, 3.05) is 0 Å². The van der Waals surface area contributed by atoms with Crippen molar-refractivity contribution in [3.63, 3.8) is 0 Å². The number of hydrogen-bond donors (Lipinski definition) is 1. The van der Waals surface area contributed by atoms with Crippen molar-refractivity contribution in [1.82, 2.24) is 10.2 Å². The number of amides is 2. The first-order valence-electron chi connectivity index (χ1n) is 7.18. The van der Waals surface area contributed by atoms with Crippen LogP contribution in [0.4, 0.5) is 4.39 Å². The molecule has 0 bridgehead atoms. The number of carbonyl (C=O) groups is 2. The molecule has 1 aromatic rings. The Labute approximate surface area is 124 Å². The minimum absolute atomic E-state index is 0.147. The SMILES string of the molecule is CCC1C(=O)NC(C)(C)C(=O)N1C(C)c1cccc(F)c1. The van der Waals surface area contributed by atoms with Crippen molar-refractivity contribution in [3.8, 4) is 0 Å². The lowest BCUT2D eigenvalue weighted by atomic mass is 9.92. The molecule has 1 N–H and O–H groups in total. The third-order valence-corrected chi connectivity index (χ3v) is 3.98. The molecule has 2 atom stereocenters. The summed E-state index contributed by atoms with van der Waals surface area (Å²) >= 11 is 0. The molecule has 2 rings (SSSR count). The second-order valence-corrected chi connectivity index (χ2v) is 5.98. The number of carbonyl (C=O) groups excluding carboxylic acids is 2. The van der Waals surface area contributed by atoms with Crippen molar-refractivity contribution in [1.29, 1.82) is 0 Å². The molecule has 0 saturated carbocycles. The Morgan fingerprint density at radius 2 is 2.05 bits per heavy atom. The number of piperazine rings is 1. The Balaban J connectivity index is 2.41. The Morgan fingerprint density at radius 1 is 1.38 bits per heavy atom. The molecule has 1 saturated heterocycles. The molecule has 0 spiro atoms. The zero-order valence-electron chi connectivity index (χ0n) is 12.8. The Hall–Kier alpha value is -1.91. The van der Waals surface area contributed by atoms with E-state index in [1.54, 1.807) is 30.9 Å². The van der Waals surface area contributed by atoms with Crippen LogP contribution in [0.3, 0.4) is 0 Å². The monoisotopic (exact) mass is 292 g/mol. The summed E-state index contributed by atoms with van der Waals surface area (Å²) in [6, 6.07) is 5.27. The smallest absolute Gasteiger partial charge is 0.248 e. The van der Waals surface area contributed by atoms with Crippen LogP contribution in [0, 0.1) is 5.82 Å². The molecule has 1 aliphatic heterocycles. The molecule has 2 unspecified atom stereocenters. The van der Waals surface area contributed by atoms with E-state index in [-0.39, 0.29) is 23.7 Å². The first kappa shape index (κ1) is 15.5. The Kier molecular flexibility index (Phi) is 4.03. The maximum Gasteiger partial charge on any atom is 0.248 e. The van der Waals surface area contributed by atoms with Crippen LogP contribution in [0.5, 0.6) is 0 Å².